The van der Waals surface area contributed by atoms with Crippen molar-refractivity contribution in [2.24, 2.45) is 0 Å². The van der Waals surface area contributed by atoms with E-state index in [4.69, 9.17) is 0 Å². The largest absolute Gasteiger partial charge is 0.321 e. The Bertz CT molecular complexity index is 1260. The number of amides is 1. The molecule has 0 aliphatic carbocycles. The first-order chi connectivity index (χ1) is 13.4. The van der Waals surface area contributed by atoms with Crippen molar-refractivity contribution in [3.05, 3.63) is 64.4 Å². The molecule has 2 heterocycles. The molecule has 0 fully saturated rings. The van der Waals surface area contributed by atoms with Crippen molar-refractivity contribution in [3.63, 3.8) is 0 Å². The summed E-state index contributed by atoms with van der Waals surface area (Å²) in [6.07, 6.45) is 0. The Morgan fingerprint density at radius 1 is 0.964 bits per heavy atom. The van der Waals surface area contributed by atoms with Gasteiger partial charge in [0.05, 0.1) is 17.4 Å². The highest BCUT2D eigenvalue weighted by molar-refractivity contribution is 7.93. The fraction of sp³-hybridized carbons (Fsp3) is 0.0556. The summed E-state index contributed by atoms with van der Waals surface area (Å²) in [6, 6.07) is 13.6. The van der Waals surface area contributed by atoms with Crippen molar-refractivity contribution in [2.45, 2.75) is 11.8 Å². The molecular formula is C18H14N4O3S3. The van der Waals surface area contributed by atoms with E-state index in [0.717, 1.165) is 28.6 Å². The van der Waals surface area contributed by atoms with Crippen molar-refractivity contribution in [1.82, 2.24) is 8.75 Å². The van der Waals surface area contributed by atoms with Crippen molar-refractivity contribution >= 4 is 61.4 Å². The van der Waals surface area contributed by atoms with Crippen LogP contribution in [0, 0.1) is 6.92 Å². The second-order valence-electron chi connectivity index (χ2n) is 6.01. The van der Waals surface area contributed by atoms with Gasteiger partial charge in [-0.15, -0.1) is 11.3 Å². The molecule has 142 valence electrons. The zero-order valence-electron chi connectivity index (χ0n) is 14.5. The predicted molar refractivity (Wildman–Crippen MR) is 112 cm³/mol. The van der Waals surface area contributed by atoms with E-state index < -0.39 is 15.9 Å². The molecule has 7 nitrogen and oxygen atoms in total. The van der Waals surface area contributed by atoms with Crippen LogP contribution in [0.1, 0.15) is 15.2 Å². The molecule has 0 aliphatic heterocycles. The van der Waals surface area contributed by atoms with Gasteiger partial charge in [0, 0.05) is 5.69 Å². The van der Waals surface area contributed by atoms with Gasteiger partial charge in [-0.05, 0) is 48.7 Å². The highest BCUT2D eigenvalue weighted by Crippen LogP contribution is 2.26. The quantitative estimate of drug-likeness (QED) is 0.496. The molecule has 2 N–H and O–H groups in total. The van der Waals surface area contributed by atoms with Gasteiger partial charge in [-0.1, -0.05) is 17.7 Å². The van der Waals surface area contributed by atoms with E-state index in [9.17, 15) is 13.2 Å². The van der Waals surface area contributed by atoms with E-state index in [-0.39, 0.29) is 9.77 Å². The van der Waals surface area contributed by atoms with E-state index in [1.807, 2.05) is 19.1 Å². The van der Waals surface area contributed by atoms with Gasteiger partial charge in [-0.3, -0.25) is 9.52 Å². The number of fused-ring (bicyclic) bond motifs is 1. The molecule has 2 aromatic carbocycles. The molecular weight excluding hydrogens is 416 g/mol. The highest BCUT2D eigenvalue weighted by atomic mass is 32.2. The normalized spacial score (nSPS) is 11.5. The van der Waals surface area contributed by atoms with Crippen molar-refractivity contribution in [3.8, 4) is 0 Å². The van der Waals surface area contributed by atoms with Gasteiger partial charge in [-0.2, -0.15) is 8.75 Å². The monoisotopic (exact) mass is 430 g/mol. The number of benzene rings is 2. The maximum Gasteiger partial charge on any atom is 0.267 e. The first-order valence-corrected chi connectivity index (χ1v) is 11.2. The van der Waals surface area contributed by atoms with Gasteiger partial charge in [0.15, 0.2) is 0 Å². The van der Waals surface area contributed by atoms with Gasteiger partial charge in [0.1, 0.15) is 20.8 Å². The van der Waals surface area contributed by atoms with Crippen LogP contribution in [0.15, 0.2) is 58.8 Å². The minimum absolute atomic E-state index is 0.0707. The van der Waals surface area contributed by atoms with Gasteiger partial charge in [0.2, 0.25) is 0 Å². The Morgan fingerprint density at radius 3 is 2.46 bits per heavy atom. The third-order valence-corrected chi connectivity index (χ3v) is 6.96. The summed E-state index contributed by atoms with van der Waals surface area (Å²) in [5.41, 5.74) is 3.32. The number of sulfonamides is 1. The lowest BCUT2D eigenvalue weighted by Crippen LogP contribution is -2.18. The summed E-state index contributed by atoms with van der Waals surface area (Å²) in [5, 5.41) is 4.31. The number of hydrogen-bond acceptors (Lipinski definition) is 7. The molecule has 0 saturated heterocycles. The number of nitrogens with zero attached hydrogens (tertiary/aromatic N) is 2. The lowest BCUT2D eigenvalue weighted by molar-refractivity contribution is 0.102. The van der Waals surface area contributed by atoms with Gasteiger partial charge >= 0.3 is 0 Å². The molecule has 0 aliphatic rings. The molecule has 2 aromatic heterocycles. The standard InChI is InChI=1S/C18H14N4O3S3/c1-11-2-4-12(5-3-11)19-18(23)17-16(8-9-26-17)28(24,25)22-13-6-7-14-15(10-13)21-27-20-14/h2-10,22H,1H3,(H,19,23). The number of hydrogen-bond donors (Lipinski definition) is 2. The Morgan fingerprint density at radius 2 is 1.68 bits per heavy atom. The first kappa shape index (κ1) is 18.5. The molecule has 0 bridgehead atoms. The topological polar surface area (TPSA) is 101 Å². The number of rotatable bonds is 5. The van der Waals surface area contributed by atoms with Crippen LogP contribution in [0.5, 0.6) is 0 Å². The van der Waals surface area contributed by atoms with Crippen molar-refractivity contribution in [1.29, 1.82) is 0 Å². The Kier molecular flexibility index (Phi) is 4.84. The van der Waals surface area contributed by atoms with Crippen molar-refractivity contribution in [2.75, 3.05) is 10.0 Å². The molecule has 0 atom stereocenters. The van der Waals surface area contributed by atoms with Crippen LogP contribution in [0.25, 0.3) is 11.0 Å². The minimum Gasteiger partial charge on any atom is -0.321 e. The van der Waals surface area contributed by atoms with E-state index in [1.165, 1.54) is 6.07 Å². The van der Waals surface area contributed by atoms with Crippen LogP contribution in [0.4, 0.5) is 11.4 Å². The van der Waals surface area contributed by atoms with Crippen LogP contribution in [-0.2, 0) is 10.0 Å². The molecule has 0 radical (unpaired) electrons. The number of anilines is 2. The molecule has 0 unspecified atom stereocenters. The lowest BCUT2D eigenvalue weighted by atomic mass is 10.2. The molecule has 4 aromatic rings. The van der Waals surface area contributed by atoms with Crippen LogP contribution >= 0.6 is 23.1 Å². The Labute approximate surface area is 169 Å². The maximum atomic E-state index is 12.8. The zero-order valence-corrected chi connectivity index (χ0v) is 17.0. The lowest BCUT2D eigenvalue weighted by Gasteiger charge is -2.09. The summed E-state index contributed by atoms with van der Waals surface area (Å²) < 4.78 is 36.4. The number of carbonyl (C=O) groups excluding carboxylic acids is 1. The van der Waals surface area contributed by atoms with Gasteiger partial charge in [-0.25, -0.2) is 8.42 Å². The third-order valence-electron chi connectivity index (χ3n) is 3.94. The Balaban J connectivity index is 1.59. The average molecular weight is 431 g/mol. The SMILES string of the molecule is Cc1ccc(NC(=O)c2sccc2S(=O)(=O)Nc2ccc3nsnc3c2)cc1. The first-order valence-electron chi connectivity index (χ1n) is 8.13. The van der Waals surface area contributed by atoms with E-state index in [1.54, 1.807) is 35.7 Å². The highest BCUT2D eigenvalue weighted by Gasteiger charge is 2.24. The van der Waals surface area contributed by atoms with Crippen LogP contribution in [-0.4, -0.2) is 23.1 Å². The van der Waals surface area contributed by atoms with Gasteiger partial charge in [0.25, 0.3) is 15.9 Å². The predicted octanol–water partition coefficient (Wildman–Crippen LogP) is 4.11. The number of thiophene rings is 1. The summed E-state index contributed by atoms with van der Waals surface area (Å²) >= 11 is 2.13. The maximum absolute atomic E-state index is 12.8. The van der Waals surface area contributed by atoms with E-state index in [0.29, 0.717) is 22.4 Å². The molecule has 10 heteroatoms. The Hall–Kier alpha value is -2.82. The summed E-state index contributed by atoms with van der Waals surface area (Å²) in [6.45, 7) is 1.94. The fourth-order valence-electron chi connectivity index (χ4n) is 2.56. The summed E-state index contributed by atoms with van der Waals surface area (Å²) in [5.74, 6) is -0.474. The van der Waals surface area contributed by atoms with E-state index >= 15 is 0 Å². The summed E-state index contributed by atoms with van der Waals surface area (Å²) in [4.78, 5) is 12.7. The number of aromatic nitrogens is 2. The summed E-state index contributed by atoms with van der Waals surface area (Å²) in [7, 11) is -3.94. The zero-order chi connectivity index (χ0) is 19.7. The van der Waals surface area contributed by atoms with Crippen LogP contribution < -0.4 is 10.0 Å². The molecule has 28 heavy (non-hydrogen) atoms. The van der Waals surface area contributed by atoms with Gasteiger partial charge < -0.3 is 5.32 Å². The molecule has 0 saturated carbocycles. The number of nitrogens with one attached hydrogen (secondary N) is 2. The molecule has 4 rings (SSSR count). The second-order valence-corrected chi connectivity index (χ2v) is 9.10. The fourth-order valence-corrected chi connectivity index (χ4v) is 5.45. The van der Waals surface area contributed by atoms with E-state index in [2.05, 4.69) is 18.8 Å². The van der Waals surface area contributed by atoms with Crippen LogP contribution in [0.3, 0.4) is 0 Å². The average Bonchev–Trinajstić information content (AvgIpc) is 3.32. The molecule has 1 amide bonds. The number of carbonyl (C=O) groups is 1. The smallest absolute Gasteiger partial charge is 0.267 e. The second kappa shape index (κ2) is 7.30. The molecule has 0 spiro atoms. The van der Waals surface area contributed by atoms with Crippen LogP contribution in [0.2, 0.25) is 0 Å². The minimum atomic E-state index is -3.94. The number of aryl methyl sites for hydroxylation is 1. The third kappa shape index (κ3) is 3.75. The van der Waals surface area contributed by atoms with Crippen molar-refractivity contribution < 1.29 is 13.2 Å².